The molecule has 3 N–H and O–H groups in total. The number of aromatic hydroxyl groups is 2. The van der Waals surface area contributed by atoms with Gasteiger partial charge in [0.25, 0.3) is 0 Å². The van der Waals surface area contributed by atoms with Gasteiger partial charge in [0.15, 0.2) is 0 Å². The molecule has 0 aliphatic carbocycles. The molecular weight excluding hydrogens is 359 g/mol. The Kier molecular flexibility index (Phi) is 5.41. The van der Waals surface area contributed by atoms with Crippen LogP contribution < -0.4 is 56.1 Å². The van der Waals surface area contributed by atoms with Gasteiger partial charge in [0.05, 0.1) is 5.56 Å². The number of benzene rings is 3. The molecule has 1 aliphatic heterocycles. The third-order valence-electron chi connectivity index (χ3n) is 4.34. The van der Waals surface area contributed by atoms with E-state index in [9.17, 15) is 20.1 Å². The minimum Gasteiger partial charge on any atom is -1.00 e. The number of hydrogen-bond donors (Lipinski definition) is 3. The number of fused-ring (bicyclic) bond motifs is 2. The Morgan fingerprint density at radius 1 is 0.846 bits per heavy atom. The fraction of sp³-hybridized carbons (Fsp3) is 0.0500. The second-order valence-electron chi connectivity index (χ2n) is 5.87. The minimum absolute atomic E-state index is 0. The molecule has 5 nitrogen and oxygen atoms in total. The van der Waals surface area contributed by atoms with Gasteiger partial charge >= 0.3 is 57.4 Å². The number of phenolic OH excluding ortho intramolecular Hbond substituents is 2. The van der Waals surface area contributed by atoms with Crippen LogP contribution in [0.25, 0.3) is 0 Å². The van der Waals surface area contributed by atoms with Crippen LogP contribution in [0.3, 0.4) is 0 Å². The maximum atomic E-state index is 11.7. The predicted molar refractivity (Wildman–Crippen MR) is 91.7 cm³/mol. The van der Waals surface area contributed by atoms with Crippen molar-refractivity contribution in [2.75, 3.05) is 0 Å². The molecule has 0 aromatic heterocycles. The molecule has 3 aromatic rings. The summed E-state index contributed by atoms with van der Waals surface area (Å²) in [5.41, 5.74) is 2.33. The van der Waals surface area contributed by atoms with Crippen LogP contribution in [0.5, 0.6) is 23.0 Å². The second-order valence-corrected chi connectivity index (χ2v) is 5.87. The number of carboxylic acids is 1. The fourth-order valence-electron chi connectivity index (χ4n) is 3.26. The van der Waals surface area contributed by atoms with Crippen molar-refractivity contribution < 1.29 is 77.7 Å². The van der Waals surface area contributed by atoms with Crippen LogP contribution >= 0.6 is 0 Å². The van der Waals surface area contributed by atoms with E-state index >= 15 is 0 Å². The summed E-state index contributed by atoms with van der Waals surface area (Å²) in [6, 6.07) is 16.3. The molecule has 3 aromatic carbocycles. The van der Waals surface area contributed by atoms with E-state index in [1.807, 2.05) is 0 Å². The quantitative estimate of drug-likeness (QED) is 0.459. The van der Waals surface area contributed by atoms with Crippen LogP contribution in [0.4, 0.5) is 0 Å². The van der Waals surface area contributed by atoms with Crippen molar-refractivity contribution in [1.82, 2.24) is 0 Å². The van der Waals surface area contributed by atoms with Gasteiger partial charge in [0, 0.05) is 29.2 Å². The summed E-state index contributed by atoms with van der Waals surface area (Å²) in [6.07, 6.45) is 0. The van der Waals surface area contributed by atoms with E-state index in [0.717, 1.165) is 11.1 Å². The molecule has 0 unspecified atom stereocenters. The molecule has 1 heterocycles. The van der Waals surface area contributed by atoms with Crippen LogP contribution in [0, 0.1) is 0 Å². The molecule has 4 rings (SSSR count). The smallest absolute Gasteiger partial charge is 1.00 e. The van der Waals surface area contributed by atoms with Gasteiger partial charge in [-0.3, -0.25) is 0 Å². The molecule has 0 bridgehead atoms. The van der Waals surface area contributed by atoms with E-state index in [1.165, 1.54) is 12.1 Å². The van der Waals surface area contributed by atoms with Crippen molar-refractivity contribution in [3.05, 3.63) is 82.9 Å². The van der Waals surface area contributed by atoms with Crippen molar-refractivity contribution in [3.8, 4) is 23.0 Å². The van der Waals surface area contributed by atoms with Crippen molar-refractivity contribution in [3.63, 3.8) is 0 Å². The predicted octanol–water partition coefficient (Wildman–Crippen LogP) is 1.20. The summed E-state index contributed by atoms with van der Waals surface area (Å²) in [6.45, 7) is 0. The first-order valence-electron chi connectivity index (χ1n) is 7.70. The summed E-state index contributed by atoms with van der Waals surface area (Å²) in [5.74, 6) is -0.429. The number of carbonyl (C=O) groups is 1. The SMILES string of the molecule is O=C(O)c1ccccc1C1c2ccc(O)cc2Oc2cc(O)ccc21.[H-].[K+]. The Morgan fingerprint density at radius 3 is 1.92 bits per heavy atom. The number of carboxylic acid groups (broad SMARTS) is 1. The Labute approximate surface area is 193 Å². The van der Waals surface area contributed by atoms with E-state index in [-0.39, 0.29) is 75.8 Å². The van der Waals surface area contributed by atoms with E-state index < -0.39 is 5.97 Å². The molecule has 0 saturated heterocycles. The van der Waals surface area contributed by atoms with Crippen LogP contribution in [-0.4, -0.2) is 21.3 Å². The summed E-state index contributed by atoms with van der Waals surface area (Å²) < 4.78 is 5.82. The zero-order valence-electron chi connectivity index (χ0n) is 15.0. The third-order valence-corrected chi connectivity index (χ3v) is 4.34. The maximum absolute atomic E-state index is 11.7. The molecule has 0 radical (unpaired) electrons. The van der Waals surface area contributed by atoms with Crippen LogP contribution in [0.2, 0.25) is 0 Å². The van der Waals surface area contributed by atoms with Crippen LogP contribution in [-0.2, 0) is 0 Å². The molecule has 0 amide bonds. The zero-order chi connectivity index (χ0) is 17.6. The normalized spacial score (nSPS) is 12.3. The van der Waals surface area contributed by atoms with E-state index in [0.29, 0.717) is 17.1 Å². The number of ether oxygens (including phenoxy) is 1. The molecule has 0 spiro atoms. The average molecular weight is 374 g/mol. The molecule has 0 atom stereocenters. The zero-order valence-corrected chi connectivity index (χ0v) is 17.1. The largest absolute Gasteiger partial charge is 1.00 e. The van der Waals surface area contributed by atoms with Gasteiger partial charge in [0.1, 0.15) is 23.0 Å². The van der Waals surface area contributed by atoms with Gasteiger partial charge in [0.2, 0.25) is 0 Å². The number of hydrogen-bond acceptors (Lipinski definition) is 4. The third kappa shape index (κ3) is 3.26. The van der Waals surface area contributed by atoms with Crippen molar-refractivity contribution in [2.24, 2.45) is 0 Å². The molecular formula is C20H15KO5. The van der Waals surface area contributed by atoms with Crippen molar-refractivity contribution in [2.45, 2.75) is 5.92 Å². The Bertz CT molecular complexity index is 954. The summed E-state index contributed by atoms with van der Waals surface area (Å²) in [4.78, 5) is 11.7. The van der Waals surface area contributed by atoms with Crippen LogP contribution in [0.1, 0.15) is 34.4 Å². The first kappa shape index (κ1) is 18.9. The molecule has 6 heteroatoms. The molecule has 126 valence electrons. The first-order valence-corrected chi connectivity index (χ1v) is 7.70. The summed E-state index contributed by atoms with van der Waals surface area (Å²) >= 11 is 0. The van der Waals surface area contributed by atoms with Gasteiger partial charge in [-0.25, -0.2) is 4.79 Å². The fourth-order valence-corrected chi connectivity index (χ4v) is 3.26. The van der Waals surface area contributed by atoms with Crippen molar-refractivity contribution >= 4 is 5.97 Å². The number of rotatable bonds is 2. The van der Waals surface area contributed by atoms with E-state index in [1.54, 1.807) is 48.5 Å². The summed E-state index contributed by atoms with van der Waals surface area (Å²) in [5, 5.41) is 29.1. The monoisotopic (exact) mass is 374 g/mol. The second kappa shape index (κ2) is 7.42. The summed E-state index contributed by atoms with van der Waals surface area (Å²) in [7, 11) is 0. The average Bonchev–Trinajstić information content (AvgIpc) is 2.59. The van der Waals surface area contributed by atoms with Crippen LogP contribution in [0.15, 0.2) is 60.7 Å². The Balaban J connectivity index is 0.00000131. The van der Waals surface area contributed by atoms with Gasteiger partial charge < -0.3 is 21.5 Å². The molecule has 1 aliphatic rings. The van der Waals surface area contributed by atoms with Gasteiger partial charge in [-0.1, -0.05) is 30.3 Å². The minimum atomic E-state index is -1.01. The van der Waals surface area contributed by atoms with Gasteiger partial charge in [-0.2, -0.15) is 0 Å². The number of phenols is 2. The first-order chi connectivity index (χ1) is 12.0. The number of aromatic carboxylic acids is 1. The molecule has 26 heavy (non-hydrogen) atoms. The topological polar surface area (TPSA) is 87.0 Å². The molecule has 0 saturated carbocycles. The molecule has 0 fully saturated rings. The standard InChI is InChI=1S/C20H14O5.K.H/c21-11-5-7-15-17(9-11)25-18-10-12(22)6-8-16(18)19(15)13-3-1-2-4-14(13)20(23)24;;/h1-10,19,21-22H,(H,23,24);;/q;+1;-1. The van der Waals surface area contributed by atoms with Gasteiger partial charge in [-0.15, -0.1) is 0 Å². The van der Waals surface area contributed by atoms with E-state index in [2.05, 4.69) is 0 Å². The Morgan fingerprint density at radius 2 is 1.38 bits per heavy atom. The van der Waals surface area contributed by atoms with Gasteiger partial charge in [-0.05, 0) is 23.8 Å². The Hall–Kier alpha value is -1.83. The maximum Gasteiger partial charge on any atom is 1.00 e. The van der Waals surface area contributed by atoms with E-state index in [4.69, 9.17) is 4.74 Å². The van der Waals surface area contributed by atoms with Crippen molar-refractivity contribution in [1.29, 1.82) is 0 Å².